The largest absolute Gasteiger partial charge is 0.384 e. The summed E-state index contributed by atoms with van der Waals surface area (Å²) in [7, 11) is 0. The highest BCUT2D eigenvalue weighted by Gasteiger charge is 2.24. The summed E-state index contributed by atoms with van der Waals surface area (Å²) in [6.45, 7) is 2.75. The lowest BCUT2D eigenvalue weighted by atomic mass is 9.90. The van der Waals surface area contributed by atoms with Crippen molar-refractivity contribution in [3.05, 3.63) is 65.2 Å². The van der Waals surface area contributed by atoms with E-state index in [0.29, 0.717) is 5.92 Å². The summed E-state index contributed by atoms with van der Waals surface area (Å²) in [5.74, 6) is 0.892. The minimum absolute atomic E-state index is 0. The summed E-state index contributed by atoms with van der Waals surface area (Å²) in [4.78, 5) is 14.8. The molecule has 25 heavy (non-hydrogen) atoms. The number of carbonyl (C=O) groups excluding carboxylic acids is 1. The van der Waals surface area contributed by atoms with E-state index >= 15 is 0 Å². The molecule has 0 bridgehead atoms. The van der Waals surface area contributed by atoms with Crippen molar-refractivity contribution < 1.29 is 4.79 Å². The molecule has 1 fully saturated rings. The first-order valence-corrected chi connectivity index (χ1v) is 8.99. The molecule has 4 heteroatoms. The van der Waals surface area contributed by atoms with Crippen molar-refractivity contribution in [2.24, 2.45) is 5.92 Å². The third-order valence-corrected chi connectivity index (χ3v) is 5.33. The van der Waals surface area contributed by atoms with Crippen molar-refractivity contribution in [2.75, 3.05) is 25.0 Å². The maximum absolute atomic E-state index is 12.8. The van der Waals surface area contributed by atoms with Crippen molar-refractivity contribution in [1.82, 2.24) is 4.90 Å². The van der Waals surface area contributed by atoms with E-state index < -0.39 is 0 Å². The van der Waals surface area contributed by atoms with E-state index in [9.17, 15) is 4.79 Å². The first-order chi connectivity index (χ1) is 11.8. The van der Waals surface area contributed by atoms with Crippen LogP contribution in [0.1, 0.15) is 34.3 Å². The molecule has 0 spiro atoms. The van der Waals surface area contributed by atoms with Crippen LogP contribution in [0.25, 0.3) is 0 Å². The molecule has 0 atom stereocenters. The lowest BCUT2D eigenvalue weighted by Crippen LogP contribution is -2.38. The molecule has 2 heterocycles. The Morgan fingerprint density at radius 3 is 2.60 bits per heavy atom. The summed E-state index contributed by atoms with van der Waals surface area (Å²) < 4.78 is 0. The minimum atomic E-state index is 0. The van der Waals surface area contributed by atoms with Gasteiger partial charge in [-0.05, 0) is 60.9 Å². The molecule has 132 valence electrons. The lowest BCUT2D eigenvalue weighted by Gasteiger charge is -2.32. The minimum Gasteiger partial charge on any atom is -0.384 e. The molecule has 2 aliphatic heterocycles. The summed E-state index contributed by atoms with van der Waals surface area (Å²) >= 11 is 0. The molecule has 4 rings (SSSR count). The Bertz CT molecular complexity index is 724. The number of nitrogens with one attached hydrogen (secondary N) is 1. The van der Waals surface area contributed by atoms with E-state index in [2.05, 4.69) is 47.8 Å². The van der Waals surface area contributed by atoms with Crippen LogP contribution in [0.2, 0.25) is 0 Å². The molecule has 0 aliphatic carbocycles. The number of likely N-dealkylation sites (tertiary alicyclic amines) is 1. The number of fused-ring (bicyclic) bond motifs is 1. The number of hydrogen-bond donors (Lipinski definition) is 1. The first kappa shape index (κ1) is 17.8. The average Bonchev–Trinajstić information content (AvgIpc) is 3.10. The van der Waals surface area contributed by atoms with Gasteiger partial charge in [-0.1, -0.05) is 30.3 Å². The lowest BCUT2D eigenvalue weighted by molar-refractivity contribution is 0.0690. The number of halogens is 1. The number of rotatable bonds is 3. The number of piperidine rings is 1. The van der Waals surface area contributed by atoms with Crippen molar-refractivity contribution in [3.8, 4) is 0 Å². The molecule has 2 aromatic rings. The Hall–Kier alpha value is -2.00. The highest BCUT2D eigenvalue weighted by atomic mass is 35.5. The van der Waals surface area contributed by atoms with Crippen LogP contribution in [0, 0.1) is 5.92 Å². The second-order valence-electron chi connectivity index (χ2n) is 6.97. The Morgan fingerprint density at radius 2 is 1.84 bits per heavy atom. The molecule has 1 N–H and O–H groups in total. The van der Waals surface area contributed by atoms with Crippen LogP contribution in [0.3, 0.4) is 0 Å². The Balaban J connectivity index is 0.00000182. The van der Waals surface area contributed by atoms with Crippen LogP contribution in [0.4, 0.5) is 5.69 Å². The van der Waals surface area contributed by atoms with Crippen LogP contribution in [0.15, 0.2) is 48.5 Å². The molecule has 2 aromatic carbocycles. The maximum Gasteiger partial charge on any atom is 0.253 e. The van der Waals surface area contributed by atoms with Gasteiger partial charge in [0.25, 0.3) is 5.91 Å². The zero-order valence-corrected chi connectivity index (χ0v) is 15.2. The molecule has 2 aliphatic rings. The molecule has 0 radical (unpaired) electrons. The Labute approximate surface area is 155 Å². The van der Waals surface area contributed by atoms with Crippen LogP contribution >= 0.6 is 12.4 Å². The predicted molar refractivity (Wildman–Crippen MR) is 105 cm³/mol. The van der Waals surface area contributed by atoms with Crippen molar-refractivity contribution in [2.45, 2.75) is 25.7 Å². The van der Waals surface area contributed by atoms with Crippen LogP contribution in [0.5, 0.6) is 0 Å². The number of benzene rings is 2. The molecule has 3 nitrogen and oxygen atoms in total. The van der Waals surface area contributed by atoms with E-state index in [4.69, 9.17) is 0 Å². The van der Waals surface area contributed by atoms with Gasteiger partial charge in [-0.25, -0.2) is 0 Å². The number of amides is 1. The second-order valence-corrected chi connectivity index (χ2v) is 6.97. The molecule has 1 saturated heterocycles. The van der Waals surface area contributed by atoms with E-state index in [1.165, 1.54) is 16.8 Å². The highest BCUT2D eigenvalue weighted by Crippen LogP contribution is 2.26. The van der Waals surface area contributed by atoms with Gasteiger partial charge in [-0.3, -0.25) is 4.79 Å². The third kappa shape index (κ3) is 3.98. The predicted octanol–water partition coefficient (Wildman–Crippen LogP) is 4.17. The van der Waals surface area contributed by atoms with Crippen molar-refractivity contribution in [3.63, 3.8) is 0 Å². The molecular weight excluding hydrogens is 332 g/mol. The number of carbonyl (C=O) groups is 1. The van der Waals surface area contributed by atoms with Gasteiger partial charge in [0.15, 0.2) is 0 Å². The van der Waals surface area contributed by atoms with E-state index in [1.807, 2.05) is 11.0 Å². The average molecular weight is 357 g/mol. The monoisotopic (exact) mass is 356 g/mol. The fraction of sp³-hybridized carbons (Fsp3) is 0.381. The normalized spacial score (nSPS) is 16.7. The van der Waals surface area contributed by atoms with E-state index in [0.717, 1.165) is 50.9 Å². The topological polar surface area (TPSA) is 32.3 Å². The standard InChI is InChI=1S/C21H24N2O.ClH/c24-21(19-6-7-20-18(15-19)8-11-22-20)23-12-9-17(10-13-23)14-16-4-2-1-3-5-16;/h1-7,15,17,22H,8-14H2;1H. The fourth-order valence-corrected chi connectivity index (χ4v) is 3.91. The maximum atomic E-state index is 12.8. The van der Waals surface area contributed by atoms with Gasteiger partial charge in [0.2, 0.25) is 0 Å². The summed E-state index contributed by atoms with van der Waals surface area (Å²) in [5, 5.41) is 3.35. The Kier molecular flexibility index (Phi) is 5.64. The Morgan fingerprint density at radius 1 is 1.08 bits per heavy atom. The zero-order valence-electron chi connectivity index (χ0n) is 14.4. The molecular formula is C21H25ClN2O. The number of nitrogens with zero attached hydrogens (tertiary/aromatic N) is 1. The summed E-state index contributed by atoms with van der Waals surface area (Å²) in [6.07, 6.45) is 4.36. The molecule has 1 amide bonds. The molecule has 0 unspecified atom stereocenters. The first-order valence-electron chi connectivity index (χ1n) is 8.99. The van der Waals surface area contributed by atoms with Gasteiger partial charge in [-0.2, -0.15) is 0 Å². The van der Waals surface area contributed by atoms with Gasteiger partial charge in [0, 0.05) is 30.9 Å². The summed E-state index contributed by atoms with van der Waals surface area (Å²) in [6, 6.07) is 16.8. The van der Waals surface area contributed by atoms with E-state index in [-0.39, 0.29) is 18.3 Å². The van der Waals surface area contributed by atoms with Crippen LogP contribution in [-0.2, 0) is 12.8 Å². The number of hydrogen-bond acceptors (Lipinski definition) is 2. The quantitative estimate of drug-likeness (QED) is 0.895. The van der Waals surface area contributed by atoms with Gasteiger partial charge < -0.3 is 10.2 Å². The fourth-order valence-electron chi connectivity index (χ4n) is 3.91. The smallest absolute Gasteiger partial charge is 0.253 e. The number of anilines is 1. The summed E-state index contributed by atoms with van der Waals surface area (Å²) in [5.41, 5.74) is 4.72. The van der Waals surface area contributed by atoms with Crippen molar-refractivity contribution >= 4 is 24.0 Å². The van der Waals surface area contributed by atoms with Gasteiger partial charge in [0.05, 0.1) is 0 Å². The SMILES string of the molecule is Cl.O=C(c1ccc2c(c1)CCN2)N1CCC(Cc2ccccc2)CC1. The molecule has 0 saturated carbocycles. The van der Waals surface area contributed by atoms with Crippen molar-refractivity contribution in [1.29, 1.82) is 0 Å². The van der Waals surface area contributed by atoms with E-state index in [1.54, 1.807) is 0 Å². The second kappa shape index (κ2) is 7.92. The van der Waals surface area contributed by atoms with Crippen LogP contribution < -0.4 is 5.32 Å². The van der Waals surface area contributed by atoms with Gasteiger partial charge in [0.1, 0.15) is 0 Å². The van der Waals surface area contributed by atoms with Gasteiger partial charge in [-0.15, -0.1) is 12.4 Å². The van der Waals surface area contributed by atoms with Gasteiger partial charge >= 0.3 is 0 Å². The van der Waals surface area contributed by atoms with Crippen LogP contribution in [-0.4, -0.2) is 30.4 Å². The molecule has 0 aromatic heterocycles. The zero-order chi connectivity index (χ0) is 16.4. The third-order valence-electron chi connectivity index (χ3n) is 5.33. The highest BCUT2D eigenvalue weighted by molar-refractivity contribution is 5.95.